The van der Waals surface area contributed by atoms with E-state index in [0.29, 0.717) is 11.7 Å². The van der Waals surface area contributed by atoms with Gasteiger partial charge in [0.2, 0.25) is 0 Å². The van der Waals surface area contributed by atoms with Gasteiger partial charge in [-0.3, -0.25) is 4.79 Å². The Hall–Kier alpha value is -0.413. The third-order valence-electron chi connectivity index (χ3n) is 9.13. The van der Waals surface area contributed by atoms with Gasteiger partial charge < -0.3 is 4.43 Å². The van der Waals surface area contributed by atoms with Crippen LogP contribution < -0.4 is 0 Å². The number of carbonyl (C=O) groups excluding carboxylic acids is 1. The number of hydrogen-bond acceptors (Lipinski definition) is 2. The van der Waals surface area contributed by atoms with Crippen LogP contribution in [0.5, 0.6) is 0 Å². The van der Waals surface area contributed by atoms with Crippen molar-refractivity contribution in [2.45, 2.75) is 104 Å². The Morgan fingerprint density at radius 3 is 2.44 bits per heavy atom. The van der Waals surface area contributed by atoms with E-state index in [1.807, 2.05) is 0 Å². The Morgan fingerprint density at radius 2 is 1.78 bits per heavy atom. The van der Waals surface area contributed by atoms with Gasteiger partial charge in [-0.15, -0.1) is 0 Å². The van der Waals surface area contributed by atoms with Crippen molar-refractivity contribution in [1.82, 2.24) is 0 Å². The second-order valence-corrected chi connectivity index (χ2v) is 15.9. The van der Waals surface area contributed by atoms with Crippen LogP contribution in [0.4, 0.5) is 0 Å². The lowest BCUT2D eigenvalue weighted by Crippen LogP contribution is -2.61. The van der Waals surface area contributed by atoms with Crippen molar-refractivity contribution in [3.05, 3.63) is 11.6 Å². The summed E-state index contributed by atoms with van der Waals surface area (Å²) in [6.07, 6.45) is 13.1. The second-order valence-electron chi connectivity index (χ2n) is 11.5. The summed E-state index contributed by atoms with van der Waals surface area (Å²) in [5, 5.41) is 0. The zero-order chi connectivity index (χ0) is 19.7. The van der Waals surface area contributed by atoms with E-state index in [4.69, 9.17) is 4.43 Å². The monoisotopic (exact) mass is 388 g/mol. The lowest BCUT2D eigenvalue weighted by molar-refractivity contribution is -0.133. The minimum absolute atomic E-state index is 0.168. The smallest absolute Gasteiger partial charge is 0.184 e. The molecule has 0 bridgehead atoms. The van der Waals surface area contributed by atoms with E-state index < -0.39 is 8.32 Å². The molecule has 0 radical (unpaired) electrons. The van der Waals surface area contributed by atoms with Gasteiger partial charge in [0.15, 0.2) is 14.1 Å². The molecule has 4 aliphatic rings. The molecule has 0 spiro atoms. The van der Waals surface area contributed by atoms with Gasteiger partial charge in [0.05, 0.1) is 5.60 Å². The normalized spacial score (nSPS) is 47.1. The van der Waals surface area contributed by atoms with Crippen LogP contribution >= 0.6 is 0 Å². The number of allylic oxidation sites excluding steroid dienone is 1. The summed E-state index contributed by atoms with van der Waals surface area (Å²) in [5.41, 5.74) is 1.62. The molecule has 3 heteroatoms. The molecule has 152 valence electrons. The molecule has 0 saturated heterocycles. The molecule has 0 amide bonds. The first-order chi connectivity index (χ1) is 12.6. The molecule has 0 unspecified atom stereocenters. The summed E-state index contributed by atoms with van der Waals surface area (Å²) in [4.78, 5) is 13.3. The van der Waals surface area contributed by atoms with Crippen LogP contribution in [0.3, 0.4) is 0 Å². The fourth-order valence-electron chi connectivity index (χ4n) is 7.88. The van der Waals surface area contributed by atoms with Crippen LogP contribution in [0.15, 0.2) is 11.6 Å². The Morgan fingerprint density at radius 1 is 1.04 bits per heavy atom. The van der Waals surface area contributed by atoms with Crippen LogP contribution in [0.25, 0.3) is 0 Å². The molecule has 2 nitrogen and oxygen atoms in total. The standard InChI is InChI=1S/C24H40O2Si/c1-7-17-11-15-24(26-27(4,5)6)20-16-21(25)19-10-8-9-13-22(19,2)18(20)12-14-23(17,24)3/h16-19H,7-15H2,1-6H3/t17-,18-,19-,22+,23+,24+/m0/s1. The Labute approximate surface area is 167 Å². The molecule has 27 heavy (non-hydrogen) atoms. The minimum atomic E-state index is -1.75. The van der Waals surface area contributed by atoms with Gasteiger partial charge in [-0.05, 0) is 87.1 Å². The van der Waals surface area contributed by atoms with Gasteiger partial charge in [-0.2, -0.15) is 0 Å². The average molecular weight is 389 g/mol. The van der Waals surface area contributed by atoms with Gasteiger partial charge >= 0.3 is 0 Å². The molecule has 0 heterocycles. The summed E-state index contributed by atoms with van der Waals surface area (Å²) in [5.74, 6) is 1.96. The predicted molar refractivity (Wildman–Crippen MR) is 114 cm³/mol. The summed E-state index contributed by atoms with van der Waals surface area (Å²) >= 11 is 0. The zero-order valence-corrected chi connectivity index (χ0v) is 19.5. The highest BCUT2D eigenvalue weighted by molar-refractivity contribution is 6.69. The van der Waals surface area contributed by atoms with Crippen LogP contribution in [-0.4, -0.2) is 19.7 Å². The quantitative estimate of drug-likeness (QED) is 0.514. The van der Waals surface area contributed by atoms with Crippen molar-refractivity contribution < 1.29 is 9.22 Å². The molecule has 0 aromatic rings. The van der Waals surface area contributed by atoms with Gasteiger partial charge in [-0.25, -0.2) is 0 Å². The van der Waals surface area contributed by atoms with E-state index in [0.717, 1.165) is 18.8 Å². The van der Waals surface area contributed by atoms with Gasteiger partial charge in [0.25, 0.3) is 0 Å². The van der Waals surface area contributed by atoms with Crippen LogP contribution in [0.2, 0.25) is 19.6 Å². The number of hydrogen-bond donors (Lipinski definition) is 0. The number of ketones is 1. The first-order valence-corrected chi connectivity index (χ1v) is 14.9. The molecule has 3 saturated carbocycles. The third kappa shape index (κ3) is 2.70. The maximum absolute atomic E-state index is 13.3. The lowest BCUT2D eigenvalue weighted by atomic mass is 9.46. The predicted octanol–water partition coefficient (Wildman–Crippen LogP) is 6.52. The van der Waals surface area contributed by atoms with E-state index in [2.05, 4.69) is 46.5 Å². The summed E-state index contributed by atoms with van der Waals surface area (Å²) in [6.45, 7) is 14.3. The van der Waals surface area contributed by atoms with Crippen molar-refractivity contribution in [2.75, 3.05) is 0 Å². The molecule has 0 aliphatic heterocycles. The average Bonchev–Trinajstić information content (AvgIpc) is 2.86. The highest BCUT2D eigenvalue weighted by Gasteiger charge is 2.66. The SMILES string of the molecule is CC[C@H]1CC[C@@]2(O[Si](C)(C)C)C3=CC(=O)[C@@H]4CCCC[C@]4(C)[C@H]3CC[C@]12C. The van der Waals surface area contributed by atoms with E-state index >= 15 is 0 Å². The fourth-order valence-corrected chi connectivity index (χ4v) is 9.37. The van der Waals surface area contributed by atoms with Crippen LogP contribution in [0.1, 0.15) is 78.6 Å². The molecule has 6 atom stereocenters. The van der Waals surface area contributed by atoms with Crippen LogP contribution in [-0.2, 0) is 9.22 Å². The van der Waals surface area contributed by atoms with Crippen LogP contribution in [0, 0.1) is 28.6 Å². The maximum Gasteiger partial charge on any atom is 0.184 e. The molecule has 3 fully saturated rings. The highest BCUT2D eigenvalue weighted by Crippen LogP contribution is 2.69. The van der Waals surface area contributed by atoms with Gasteiger partial charge in [0, 0.05) is 11.3 Å². The van der Waals surface area contributed by atoms with E-state index in [1.54, 1.807) is 0 Å². The molecule has 0 N–H and O–H groups in total. The summed E-state index contributed by atoms with van der Waals surface area (Å²) < 4.78 is 7.19. The lowest BCUT2D eigenvalue weighted by Gasteiger charge is -2.61. The maximum atomic E-state index is 13.3. The molecule has 0 aromatic heterocycles. The molecule has 0 aromatic carbocycles. The first-order valence-electron chi connectivity index (χ1n) is 11.5. The largest absolute Gasteiger partial charge is 0.408 e. The fraction of sp³-hybridized carbons (Fsp3) is 0.875. The number of fused-ring (bicyclic) bond motifs is 5. The van der Waals surface area contributed by atoms with Crippen molar-refractivity contribution >= 4 is 14.1 Å². The van der Waals surface area contributed by atoms with E-state index in [-0.39, 0.29) is 22.3 Å². The zero-order valence-electron chi connectivity index (χ0n) is 18.5. The number of rotatable bonds is 3. The minimum Gasteiger partial charge on any atom is -0.408 e. The Kier molecular flexibility index (Phi) is 4.63. The second kappa shape index (κ2) is 6.29. The molecular formula is C24H40O2Si. The van der Waals surface area contributed by atoms with Gasteiger partial charge in [-0.1, -0.05) is 40.0 Å². The highest BCUT2D eigenvalue weighted by atomic mass is 28.4. The summed E-state index contributed by atoms with van der Waals surface area (Å²) in [6, 6.07) is 0. The third-order valence-corrected chi connectivity index (χ3v) is 10.1. The Balaban J connectivity index is 1.87. The number of carbonyl (C=O) groups is 1. The first kappa shape index (κ1) is 19.9. The van der Waals surface area contributed by atoms with Crippen molar-refractivity contribution in [2.24, 2.45) is 28.6 Å². The topological polar surface area (TPSA) is 26.3 Å². The van der Waals surface area contributed by atoms with Gasteiger partial charge in [0.1, 0.15) is 0 Å². The molecular weight excluding hydrogens is 348 g/mol. The van der Waals surface area contributed by atoms with E-state index in [1.165, 1.54) is 50.5 Å². The molecule has 4 rings (SSSR count). The van der Waals surface area contributed by atoms with Crippen molar-refractivity contribution in [1.29, 1.82) is 0 Å². The van der Waals surface area contributed by atoms with E-state index in [9.17, 15) is 4.79 Å². The van der Waals surface area contributed by atoms with Crippen molar-refractivity contribution in [3.8, 4) is 0 Å². The summed E-state index contributed by atoms with van der Waals surface area (Å²) in [7, 11) is -1.75. The molecule has 4 aliphatic carbocycles. The Bertz CT molecular complexity index is 662. The van der Waals surface area contributed by atoms with Crippen molar-refractivity contribution in [3.63, 3.8) is 0 Å².